The number of anilines is 2. The molecule has 1 unspecified atom stereocenters. The van der Waals surface area contributed by atoms with Gasteiger partial charge in [-0.15, -0.1) is 0 Å². The molecule has 0 saturated heterocycles. The van der Waals surface area contributed by atoms with E-state index >= 15 is 0 Å². The number of nitrogens with one attached hydrogen (secondary N) is 2. The quantitative estimate of drug-likeness (QED) is 0.559. The van der Waals surface area contributed by atoms with Crippen LogP contribution in [0.5, 0.6) is 0 Å². The van der Waals surface area contributed by atoms with Crippen LogP contribution < -0.4 is 10.6 Å². The van der Waals surface area contributed by atoms with E-state index in [-0.39, 0.29) is 16.7 Å². The van der Waals surface area contributed by atoms with E-state index in [1.165, 1.54) is 0 Å². The lowest BCUT2D eigenvalue weighted by atomic mass is 10.2. The molecule has 0 heterocycles. The fraction of sp³-hybridized carbons (Fsp3) is 0.538. The monoisotopic (exact) mass is 267 g/mol. The van der Waals surface area contributed by atoms with E-state index in [9.17, 15) is 10.1 Å². The molecule has 1 aromatic carbocycles. The lowest BCUT2D eigenvalue weighted by Gasteiger charge is -2.16. The van der Waals surface area contributed by atoms with Crippen LogP contribution in [-0.2, 0) is 4.74 Å². The third-order valence-electron chi connectivity index (χ3n) is 2.60. The summed E-state index contributed by atoms with van der Waals surface area (Å²) >= 11 is 0. The molecule has 2 N–H and O–H groups in total. The average Bonchev–Trinajstić information content (AvgIpc) is 2.36. The molecule has 0 bridgehead atoms. The summed E-state index contributed by atoms with van der Waals surface area (Å²) in [6.07, 6.45) is 0.912. The molecule has 0 fully saturated rings. The number of methoxy groups -OCH3 is 1. The number of ether oxygens (including phenoxy) is 1. The normalized spacial score (nSPS) is 11.9. The van der Waals surface area contributed by atoms with Crippen LogP contribution in [0.2, 0.25) is 0 Å². The molecule has 0 aliphatic rings. The predicted molar refractivity (Wildman–Crippen MR) is 76.8 cm³/mol. The van der Waals surface area contributed by atoms with Crippen LogP contribution in [0.25, 0.3) is 0 Å². The Hall–Kier alpha value is -1.82. The maximum Gasteiger partial charge on any atom is 0.315 e. The number of nitro benzene ring substituents is 1. The Kier molecular flexibility index (Phi) is 6.08. The van der Waals surface area contributed by atoms with Gasteiger partial charge in [0.25, 0.3) is 0 Å². The first-order valence-electron chi connectivity index (χ1n) is 6.36. The lowest BCUT2D eigenvalue weighted by molar-refractivity contribution is -0.383. The number of benzene rings is 1. The summed E-state index contributed by atoms with van der Waals surface area (Å²) < 4.78 is 5.02. The van der Waals surface area contributed by atoms with E-state index in [0.29, 0.717) is 24.5 Å². The molecule has 0 aliphatic carbocycles. The van der Waals surface area contributed by atoms with Gasteiger partial charge >= 0.3 is 5.69 Å². The first-order chi connectivity index (χ1) is 9.10. The highest BCUT2D eigenvalue weighted by molar-refractivity contribution is 5.76. The molecule has 0 aromatic heterocycles. The van der Waals surface area contributed by atoms with E-state index < -0.39 is 0 Å². The van der Waals surface area contributed by atoms with Crippen molar-refractivity contribution < 1.29 is 9.66 Å². The number of rotatable bonds is 8. The molecule has 106 valence electrons. The highest BCUT2D eigenvalue weighted by Gasteiger charge is 2.20. The summed E-state index contributed by atoms with van der Waals surface area (Å²) in [5, 5.41) is 17.4. The maximum atomic E-state index is 11.2. The molecule has 0 amide bonds. The van der Waals surface area contributed by atoms with Crippen LogP contribution in [0.1, 0.15) is 20.3 Å². The molecule has 6 nitrogen and oxygen atoms in total. The molecular weight excluding hydrogens is 246 g/mol. The Morgan fingerprint density at radius 1 is 1.42 bits per heavy atom. The first kappa shape index (κ1) is 15.2. The summed E-state index contributed by atoms with van der Waals surface area (Å²) in [4.78, 5) is 10.9. The standard InChI is InChI=1S/C13H21N3O3/c1-4-8-14-11-6-5-7-12(13(11)16(17)18)15-10(2)9-19-3/h5-7,10,14-15H,4,8-9H2,1-3H3. The Morgan fingerprint density at radius 3 is 2.68 bits per heavy atom. The lowest BCUT2D eigenvalue weighted by Crippen LogP contribution is -2.21. The summed E-state index contributed by atoms with van der Waals surface area (Å²) in [6.45, 7) is 5.13. The summed E-state index contributed by atoms with van der Waals surface area (Å²) in [5.74, 6) is 0. The van der Waals surface area contributed by atoms with Crippen molar-refractivity contribution >= 4 is 17.1 Å². The molecule has 1 aromatic rings. The maximum absolute atomic E-state index is 11.2. The zero-order valence-electron chi connectivity index (χ0n) is 11.6. The van der Waals surface area contributed by atoms with Crippen molar-refractivity contribution in [2.75, 3.05) is 30.9 Å². The summed E-state index contributed by atoms with van der Waals surface area (Å²) in [7, 11) is 1.60. The van der Waals surface area contributed by atoms with Crippen LogP contribution in [0.3, 0.4) is 0 Å². The largest absolute Gasteiger partial charge is 0.383 e. The van der Waals surface area contributed by atoms with Crippen molar-refractivity contribution in [2.45, 2.75) is 26.3 Å². The number of hydrogen-bond acceptors (Lipinski definition) is 5. The third kappa shape index (κ3) is 4.40. The van der Waals surface area contributed by atoms with Gasteiger partial charge in [-0.2, -0.15) is 0 Å². The smallest absolute Gasteiger partial charge is 0.315 e. The molecule has 0 spiro atoms. The van der Waals surface area contributed by atoms with Crippen molar-refractivity contribution in [2.24, 2.45) is 0 Å². The summed E-state index contributed by atoms with van der Waals surface area (Å²) in [6, 6.07) is 5.24. The molecule has 6 heteroatoms. The SMILES string of the molecule is CCCNc1cccc(NC(C)COC)c1[N+](=O)[O-]. The number of para-hydroxylation sites is 1. The van der Waals surface area contributed by atoms with Gasteiger partial charge in [0.15, 0.2) is 0 Å². The number of nitro groups is 1. The van der Waals surface area contributed by atoms with Gasteiger partial charge < -0.3 is 15.4 Å². The topological polar surface area (TPSA) is 76.4 Å². The predicted octanol–water partition coefficient (Wildman–Crippen LogP) is 2.86. The molecule has 0 radical (unpaired) electrons. The van der Waals surface area contributed by atoms with E-state index in [1.54, 1.807) is 25.3 Å². The molecule has 1 atom stereocenters. The van der Waals surface area contributed by atoms with E-state index in [0.717, 1.165) is 6.42 Å². The minimum absolute atomic E-state index is 0.00475. The fourth-order valence-corrected chi connectivity index (χ4v) is 1.82. The van der Waals surface area contributed by atoms with Gasteiger partial charge in [0.2, 0.25) is 0 Å². The van der Waals surface area contributed by atoms with Crippen LogP contribution in [0, 0.1) is 10.1 Å². The van der Waals surface area contributed by atoms with Crippen molar-refractivity contribution in [1.82, 2.24) is 0 Å². The van der Waals surface area contributed by atoms with Gasteiger partial charge in [-0.05, 0) is 25.5 Å². The molecule has 19 heavy (non-hydrogen) atoms. The minimum atomic E-state index is -0.361. The fourth-order valence-electron chi connectivity index (χ4n) is 1.82. The van der Waals surface area contributed by atoms with Gasteiger partial charge in [0, 0.05) is 19.7 Å². The van der Waals surface area contributed by atoms with Crippen molar-refractivity contribution in [3.63, 3.8) is 0 Å². The Labute approximate surface area is 113 Å². The molecule has 1 rings (SSSR count). The van der Waals surface area contributed by atoms with Gasteiger partial charge in [0.05, 0.1) is 11.5 Å². The van der Waals surface area contributed by atoms with Gasteiger partial charge in [-0.25, -0.2) is 0 Å². The average molecular weight is 267 g/mol. The zero-order valence-corrected chi connectivity index (χ0v) is 11.6. The molecular formula is C13H21N3O3. The molecule has 0 saturated carbocycles. The second-order valence-corrected chi connectivity index (χ2v) is 4.39. The van der Waals surface area contributed by atoms with Crippen LogP contribution in [0.15, 0.2) is 18.2 Å². The second kappa shape index (κ2) is 7.58. The van der Waals surface area contributed by atoms with Crippen molar-refractivity contribution in [3.05, 3.63) is 28.3 Å². The van der Waals surface area contributed by atoms with E-state index in [1.807, 2.05) is 13.8 Å². The van der Waals surface area contributed by atoms with Crippen molar-refractivity contribution in [1.29, 1.82) is 0 Å². The highest BCUT2D eigenvalue weighted by Crippen LogP contribution is 2.33. The van der Waals surface area contributed by atoms with E-state index in [2.05, 4.69) is 10.6 Å². The zero-order chi connectivity index (χ0) is 14.3. The Morgan fingerprint density at radius 2 is 2.11 bits per heavy atom. The van der Waals surface area contributed by atoms with Gasteiger partial charge in [-0.1, -0.05) is 13.0 Å². The van der Waals surface area contributed by atoms with E-state index in [4.69, 9.17) is 4.74 Å². The van der Waals surface area contributed by atoms with Crippen LogP contribution in [-0.4, -0.2) is 31.2 Å². The number of nitrogens with zero attached hydrogens (tertiary/aromatic N) is 1. The highest BCUT2D eigenvalue weighted by atomic mass is 16.6. The molecule has 0 aliphatic heterocycles. The van der Waals surface area contributed by atoms with Gasteiger partial charge in [-0.3, -0.25) is 10.1 Å². The first-order valence-corrected chi connectivity index (χ1v) is 6.36. The second-order valence-electron chi connectivity index (χ2n) is 4.39. The third-order valence-corrected chi connectivity index (χ3v) is 2.60. The minimum Gasteiger partial charge on any atom is -0.383 e. The Balaban J connectivity index is 2.99. The van der Waals surface area contributed by atoms with Gasteiger partial charge in [0.1, 0.15) is 11.4 Å². The number of hydrogen-bond donors (Lipinski definition) is 2. The Bertz CT molecular complexity index is 424. The van der Waals surface area contributed by atoms with Crippen LogP contribution >= 0.6 is 0 Å². The summed E-state index contributed by atoms with van der Waals surface area (Å²) in [5.41, 5.74) is 1.14. The van der Waals surface area contributed by atoms with Crippen molar-refractivity contribution in [3.8, 4) is 0 Å². The van der Waals surface area contributed by atoms with Crippen LogP contribution in [0.4, 0.5) is 17.1 Å².